The highest BCUT2D eigenvalue weighted by Gasteiger charge is 2.07. The van der Waals surface area contributed by atoms with E-state index in [4.69, 9.17) is 4.42 Å². The Bertz CT molecular complexity index is 707. The Morgan fingerprint density at radius 3 is 3.18 bits per heavy atom. The van der Waals surface area contributed by atoms with Crippen LogP contribution in [0, 0.1) is 6.92 Å². The van der Waals surface area contributed by atoms with Crippen LogP contribution in [-0.2, 0) is 6.54 Å². The van der Waals surface area contributed by atoms with Crippen molar-refractivity contribution < 1.29 is 4.42 Å². The second-order valence-electron chi connectivity index (χ2n) is 3.97. The summed E-state index contributed by atoms with van der Waals surface area (Å²) in [5, 5.41) is 0.608. The van der Waals surface area contributed by atoms with Crippen LogP contribution < -0.4 is 5.56 Å². The molecule has 0 bridgehead atoms. The number of rotatable bonds is 2. The number of hydrogen-bond donors (Lipinski definition) is 1. The number of aryl methyl sites for hydroxylation is 1. The molecule has 3 rings (SSSR count). The quantitative estimate of drug-likeness (QED) is 0.727. The van der Waals surface area contributed by atoms with E-state index < -0.39 is 0 Å². The zero-order valence-electron chi connectivity index (χ0n) is 9.30. The molecule has 0 saturated heterocycles. The molecule has 0 radical (unpaired) electrons. The zero-order valence-corrected chi connectivity index (χ0v) is 9.30. The maximum absolute atomic E-state index is 12.1. The topological polar surface area (TPSA) is 63.8 Å². The molecular weight excluding hydrogens is 218 g/mol. The van der Waals surface area contributed by atoms with Gasteiger partial charge in [0.05, 0.1) is 18.2 Å². The van der Waals surface area contributed by atoms with Gasteiger partial charge in [-0.1, -0.05) is 0 Å². The van der Waals surface area contributed by atoms with Gasteiger partial charge in [0, 0.05) is 5.69 Å². The number of H-pyrrole nitrogens is 1. The van der Waals surface area contributed by atoms with Crippen molar-refractivity contribution in [1.82, 2.24) is 14.5 Å². The molecule has 17 heavy (non-hydrogen) atoms. The lowest BCUT2D eigenvalue weighted by Gasteiger charge is -2.01. The minimum Gasteiger partial charge on any atom is -0.467 e. The van der Waals surface area contributed by atoms with Gasteiger partial charge in [0.15, 0.2) is 0 Å². The largest absolute Gasteiger partial charge is 0.467 e. The molecule has 0 unspecified atom stereocenters. The third-order valence-corrected chi connectivity index (χ3v) is 2.66. The van der Waals surface area contributed by atoms with Gasteiger partial charge in [-0.25, -0.2) is 4.98 Å². The Morgan fingerprint density at radius 2 is 2.41 bits per heavy atom. The van der Waals surface area contributed by atoms with Crippen molar-refractivity contribution in [3.8, 4) is 0 Å². The summed E-state index contributed by atoms with van der Waals surface area (Å²) in [6, 6.07) is 5.44. The molecular formula is C12H11N3O2. The van der Waals surface area contributed by atoms with Gasteiger partial charge in [0.2, 0.25) is 0 Å². The highest BCUT2D eigenvalue weighted by molar-refractivity contribution is 5.75. The Hall–Kier alpha value is -2.30. The number of nitrogens with one attached hydrogen (secondary N) is 1. The predicted octanol–water partition coefficient (Wildman–Crippen LogP) is 1.67. The molecule has 0 aliphatic heterocycles. The smallest absolute Gasteiger partial charge is 0.263 e. The van der Waals surface area contributed by atoms with Crippen molar-refractivity contribution in [2.24, 2.45) is 0 Å². The Balaban J connectivity index is 2.11. The lowest BCUT2D eigenvalue weighted by molar-refractivity contribution is 0.489. The van der Waals surface area contributed by atoms with Crippen molar-refractivity contribution >= 4 is 11.0 Å². The van der Waals surface area contributed by atoms with E-state index in [1.165, 1.54) is 10.9 Å². The van der Waals surface area contributed by atoms with E-state index in [-0.39, 0.29) is 5.56 Å². The lowest BCUT2D eigenvalue weighted by Crippen LogP contribution is -2.20. The van der Waals surface area contributed by atoms with Crippen LogP contribution in [0.4, 0.5) is 0 Å². The van der Waals surface area contributed by atoms with E-state index in [0.29, 0.717) is 17.6 Å². The average molecular weight is 229 g/mol. The van der Waals surface area contributed by atoms with Gasteiger partial charge < -0.3 is 9.40 Å². The fourth-order valence-corrected chi connectivity index (χ4v) is 1.86. The first kappa shape index (κ1) is 9.89. The van der Waals surface area contributed by atoms with Crippen LogP contribution in [0.2, 0.25) is 0 Å². The SMILES string of the molecule is Cc1cc2c(=O)n(Cc3ccco3)cnc2[nH]1. The highest BCUT2D eigenvalue weighted by Crippen LogP contribution is 2.08. The fraction of sp³-hybridized carbons (Fsp3) is 0.167. The van der Waals surface area contributed by atoms with E-state index in [9.17, 15) is 4.79 Å². The van der Waals surface area contributed by atoms with Gasteiger partial charge >= 0.3 is 0 Å². The summed E-state index contributed by atoms with van der Waals surface area (Å²) in [7, 11) is 0. The molecule has 0 fully saturated rings. The fourth-order valence-electron chi connectivity index (χ4n) is 1.86. The molecule has 0 aliphatic carbocycles. The summed E-state index contributed by atoms with van der Waals surface area (Å²) in [5.74, 6) is 0.737. The van der Waals surface area contributed by atoms with Crippen LogP contribution in [0.25, 0.3) is 11.0 Å². The number of aromatic amines is 1. The van der Waals surface area contributed by atoms with E-state index in [1.54, 1.807) is 12.3 Å². The van der Waals surface area contributed by atoms with Crippen LogP contribution in [-0.4, -0.2) is 14.5 Å². The van der Waals surface area contributed by atoms with Crippen LogP contribution in [0.5, 0.6) is 0 Å². The van der Waals surface area contributed by atoms with Crippen molar-refractivity contribution in [1.29, 1.82) is 0 Å². The highest BCUT2D eigenvalue weighted by atomic mass is 16.3. The Labute approximate surface area is 96.7 Å². The molecule has 0 amide bonds. The molecule has 0 saturated carbocycles. The maximum Gasteiger partial charge on any atom is 0.263 e. The summed E-state index contributed by atoms with van der Waals surface area (Å²) in [4.78, 5) is 19.4. The molecule has 0 aromatic carbocycles. The first-order valence-corrected chi connectivity index (χ1v) is 5.31. The normalized spacial score (nSPS) is 11.1. The third-order valence-electron chi connectivity index (χ3n) is 2.66. The summed E-state index contributed by atoms with van der Waals surface area (Å²) >= 11 is 0. The lowest BCUT2D eigenvalue weighted by atomic mass is 10.3. The van der Waals surface area contributed by atoms with E-state index in [0.717, 1.165) is 11.5 Å². The summed E-state index contributed by atoms with van der Waals surface area (Å²) < 4.78 is 6.75. The molecule has 86 valence electrons. The minimum absolute atomic E-state index is 0.0595. The maximum atomic E-state index is 12.1. The molecule has 0 aliphatic rings. The minimum atomic E-state index is -0.0595. The molecule has 3 aromatic rings. The van der Waals surface area contributed by atoms with Gasteiger partial charge in [-0.15, -0.1) is 0 Å². The second-order valence-corrected chi connectivity index (χ2v) is 3.97. The monoisotopic (exact) mass is 229 g/mol. The first-order valence-electron chi connectivity index (χ1n) is 5.31. The standard InChI is InChI=1S/C12H11N3O2/c1-8-5-10-11(14-8)13-7-15(12(10)16)6-9-3-2-4-17-9/h2-5,7,14H,6H2,1H3. The first-order chi connectivity index (χ1) is 8.24. The molecule has 0 spiro atoms. The van der Waals surface area contributed by atoms with Crippen molar-refractivity contribution in [2.45, 2.75) is 13.5 Å². The molecule has 3 aromatic heterocycles. The molecule has 5 nitrogen and oxygen atoms in total. The van der Waals surface area contributed by atoms with Gasteiger partial charge in [0.1, 0.15) is 17.7 Å². The van der Waals surface area contributed by atoms with Gasteiger partial charge in [0.25, 0.3) is 5.56 Å². The van der Waals surface area contributed by atoms with E-state index in [2.05, 4.69) is 9.97 Å². The number of fused-ring (bicyclic) bond motifs is 1. The van der Waals surface area contributed by atoms with Gasteiger partial charge in [-0.3, -0.25) is 9.36 Å². The predicted molar refractivity (Wildman–Crippen MR) is 62.9 cm³/mol. The molecule has 3 heterocycles. The molecule has 1 N–H and O–H groups in total. The van der Waals surface area contributed by atoms with Crippen LogP contribution >= 0.6 is 0 Å². The molecule has 0 atom stereocenters. The number of aromatic nitrogens is 3. The second kappa shape index (κ2) is 3.62. The van der Waals surface area contributed by atoms with Gasteiger partial charge in [-0.2, -0.15) is 0 Å². The summed E-state index contributed by atoms with van der Waals surface area (Å²) in [6.45, 7) is 2.30. The van der Waals surface area contributed by atoms with Crippen LogP contribution in [0.15, 0.2) is 40.0 Å². The van der Waals surface area contributed by atoms with Crippen molar-refractivity contribution in [2.75, 3.05) is 0 Å². The van der Waals surface area contributed by atoms with Gasteiger partial charge in [-0.05, 0) is 25.1 Å². The average Bonchev–Trinajstić information content (AvgIpc) is 2.91. The van der Waals surface area contributed by atoms with Crippen LogP contribution in [0.1, 0.15) is 11.5 Å². The van der Waals surface area contributed by atoms with Crippen molar-refractivity contribution in [3.63, 3.8) is 0 Å². The molecule has 5 heteroatoms. The Kier molecular flexibility index (Phi) is 2.11. The third kappa shape index (κ3) is 1.65. The summed E-state index contributed by atoms with van der Waals surface area (Å²) in [6.07, 6.45) is 3.12. The van der Waals surface area contributed by atoms with E-state index in [1.807, 2.05) is 19.1 Å². The summed E-state index contributed by atoms with van der Waals surface area (Å²) in [5.41, 5.74) is 1.50. The number of nitrogens with zero attached hydrogens (tertiary/aromatic N) is 2. The van der Waals surface area contributed by atoms with Crippen molar-refractivity contribution in [3.05, 3.63) is 52.6 Å². The Morgan fingerprint density at radius 1 is 1.53 bits per heavy atom. The zero-order chi connectivity index (χ0) is 11.8. The number of hydrogen-bond acceptors (Lipinski definition) is 3. The number of furan rings is 1. The van der Waals surface area contributed by atoms with E-state index >= 15 is 0 Å². The van der Waals surface area contributed by atoms with Crippen LogP contribution in [0.3, 0.4) is 0 Å².